The zero-order valence-corrected chi connectivity index (χ0v) is 13.2. The third-order valence-electron chi connectivity index (χ3n) is 2.91. The molecular formula is C12H8B2Cl2F6N2-2. The summed E-state index contributed by atoms with van der Waals surface area (Å²) in [4.78, 5) is 0. The monoisotopic (exact) mass is 386 g/mol. The van der Waals surface area contributed by atoms with Crippen molar-refractivity contribution >= 4 is 48.8 Å². The van der Waals surface area contributed by atoms with Crippen molar-refractivity contribution in [3.8, 4) is 11.1 Å². The Bertz CT molecular complexity index is 688. The molecule has 0 radical (unpaired) electrons. The fourth-order valence-corrected chi connectivity index (χ4v) is 2.45. The molecule has 12 heteroatoms. The molecule has 2 rings (SSSR count). The van der Waals surface area contributed by atoms with Gasteiger partial charge in [0, 0.05) is 11.4 Å². The van der Waals surface area contributed by atoms with Crippen LogP contribution in [0.1, 0.15) is 0 Å². The van der Waals surface area contributed by atoms with Gasteiger partial charge in [0.1, 0.15) is 0 Å². The van der Waals surface area contributed by atoms with Crippen molar-refractivity contribution in [3.05, 3.63) is 46.4 Å². The first-order valence-electron chi connectivity index (χ1n) is 6.49. The second-order valence-electron chi connectivity index (χ2n) is 4.83. The first kappa shape index (κ1) is 18.7. The van der Waals surface area contributed by atoms with Crippen LogP contribution in [-0.4, -0.2) is 14.2 Å². The predicted octanol–water partition coefficient (Wildman–Crippen LogP) is 6.17. The maximum Gasteiger partial charge on any atom is 0.595 e. The normalized spacial score (nSPS) is 12.2. The van der Waals surface area contributed by atoms with Crippen molar-refractivity contribution in [1.82, 2.24) is 0 Å². The van der Waals surface area contributed by atoms with Crippen molar-refractivity contribution in [2.24, 2.45) is 0 Å². The van der Waals surface area contributed by atoms with Gasteiger partial charge in [0.15, 0.2) is 0 Å². The third kappa shape index (κ3) is 5.17. The van der Waals surface area contributed by atoms with E-state index in [4.69, 9.17) is 23.2 Å². The average Bonchev–Trinajstić information content (AvgIpc) is 2.40. The van der Waals surface area contributed by atoms with E-state index in [0.717, 1.165) is 12.1 Å². The number of benzene rings is 2. The van der Waals surface area contributed by atoms with Crippen molar-refractivity contribution in [3.63, 3.8) is 0 Å². The highest BCUT2D eigenvalue weighted by molar-refractivity contribution is 6.63. The van der Waals surface area contributed by atoms with E-state index in [1.807, 2.05) is 0 Å². The second-order valence-corrected chi connectivity index (χ2v) is 5.64. The summed E-state index contributed by atoms with van der Waals surface area (Å²) in [5, 5.41) is 2.34. The standard InChI is InChI=1S/C12H8B2Cl2F6N2/c15-9-5-7(1-3-11(9)23-13(17,18)19)8-2-4-12(10(16)6-8)24-14(20,21)22/h1-6,23-24H/q-2. The van der Waals surface area contributed by atoms with Gasteiger partial charge in [0.25, 0.3) is 0 Å². The molecular weight excluding hydrogens is 379 g/mol. The fraction of sp³-hybridized carbons (Fsp3) is 0. The van der Waals surface area contributed by atoms with Crippen LogP contribution in [0.2, 0.25) is 10.0 Å². The first-order valence-corrected chi connectivity index (χ1v) is 7.25. The molecule has 0 spiro atoms. The number of hydrogen-bond acceptors (Lipinski definition) is 2. The highest BCUT2D eigenvalue weighted by Crippen LogP contribution is 2.34. The minimum Gasteiger partial charge on any atom is -0.472 e. The summed E-state index contributed by atoms with van der Waals surface area (Å²) in [7, 11) is -10.5. The number of nitrogens with one attached hydrogen (secondary N) is 2. The van der Waals surface area contributed by atoms with E-state index in [0.29, 0.717) is 11.1 Å². The van der Waals surface area contributed by atoms with E-state index >= 15 is 0 Å². The van der Waals surface area contributed by atoms with Gasteiger partial charge in [0.05, 0.1) is 10.0 Å². The molecule has 0 fully saturated rings. The van der Waals surface area contributed by atoms with Crippen LogP contribution in [0.15, 0.2) is 36.4 Å². The number of anilines is 2. The molecule has 130 valence electrons. The van der Waals surface area contributed by atoms with E-state index in [9.17, 15) is 25.9 Å². The maximum atomic E-state index is 12.4. The Labute approximate surface area is 143 Å². The SMILES string of the molecule is F[B-](F)(F)Nc1ccc(-c2ccc(N[B-](F)(F)F)c(Cl)c2)cc1Cl. The second kappa shape index (κ2) is 6.68. The van der Waals surface area contributed by atoms with Crippen molar-refractivity contribution < 1.29 is 25.9 Å². The fourth-order valence-electron chi connectivity index (χ4n) is 1.98. The van der Waals surface area contributed by atoms with Crippen LogP contribution in [-0.2, 0) is 0 Å². The Hall–Kier alpha value is -1.67. The van der Waals surface area contributed by atoms with Gasteiger partial charge in [-0.05, 0) is 35.4 Å². The molecule has 2 aromatic carbocycles. The lowest BCUT2D eigenvalue weighted by Gasteiger charge is -2.20. The lowest BCUT2D eigenvalue weighted by atomic mass is 10.0. The summed E-state index contributed by atoms with van der Waals surface area (Å²) in [5.41, 5.74) is 0.200. The minimum absolute atomic E-state index is 0.177. The van der Waals surface area contributed by atoms with Crippen LogP contribution in [0, 0.1) is 0 Å². The van der Waals surface area contributed by atoms with Gasteiger partial charge in [-0.1, -0.05) is 35.3 Å². The maximum absolute atomic E-state index is 12.4. The summed E-state index contributed by atoms with van der Waals surface area (Å²) < 4.78 is 74.1. The largest absolute Gasteiger partial charge is 0.595 e. The van der Waals surface area contributed by atoms with Crippen LogP contribution in [0.4, 0.5) is 37.3 Å². The molecule has 0 aliphatic carbocycles. The Morgan fingerprint density at radius 3 is 1.21 bits per heavy atom. The van der Waals surface area contributed by atoms with Gasteiger partial charge >= 0.3 is 14.2 Å². The molecule has 0 saturated carbocycles. The van der Waals surface area contributed by atoms with Crippen LogP contribution in [0.3, 0.4) is 0 Å². The van der Waals surface area contributed by atoms with E-state index in [2.05, 4.69) is 0 Å². The molecule has 0 aliphatic rings. The minimum atomic E-state index is -5.27. The zero-order chi connectivity index (χ0) is 18.1. The van der Waals surface area contributed by atoms with Gasteiger partial charge in [-0.15, -0.1) is 0 Å². The highest BCUT2D eigenvalue weighted by Gasteiger charge is 2.25. The molecule has 0 unspecified atom stereocenters. The van der Waals surface area contributed by atoms with Gasteiger partial charge < -0.3 is 36.3 Å². The predicted molar refractivity (Wildman–Crippen MR) is 87.3 cm³/mol. The molecule has 0 bridgehead atoms. The Morgan fingerprint density at radius 2 is 0.958 bits per heavy atom. The first-order chi connectivity index (χ1) is 10.9. The van der Waals surface area contributed by atoms with Gasteiger partial charge in [0.2, 0.25) is 0 Å². The molecule has 24 heavy (non-hydrogen) atoms. The average molecular weight is 387 g/mol. The van der Waals surface area contributed by atoms with Crippen LogP contribution >= 0.6 is 23.2 Å². The van der Waals surface area contributed by atoms with Crippen LogP contribution in [0.5, 0.6) is 0 Å². The van der Waals surface area contributed by atoms with E-state index < -0.39 is 14.2 Å². The number of halogens is 8. The Balaban J connectivity index is 2.29. The molecule has 0 saturated heterocycles. The van der Waals surface area contributed by atoms with Gasteiger partial charge in [-0.25, -0.2) is 0 Å². The molecule has 2 N–H and O–H groups in total. The zero-order valence-electron chi connectivity index (χ0n) is 11.6. The quantitative estimate of drug-likeness (QED) is 0.474. The molecule has 2 aromatic rings. The summed E-state index contributed by atoms with van der Waals surface area (Å²) in [5.74, 6) is 0. The number of hydrogen-bond donors (Lipinski definition) is 2. The lowest BCUT2D eigenvalue weighted by Crippen LogP contribution is -2.28. The van der Waals surface area contributed by atoms with E-state index in [1.165, 1.54) is 34.7 Å². The summed E-state index contributed by atoms with van der Waals surface area (Å²) >= 11 is 11.6. The summed E-state index contributed by atoms with van der Waals surface area (Å²) in [6, 6.07) is 7.49. The van der Waals surface area contributed by atoms with E-state index in [1.54, 1.807) is 0 Å². The van der Waals surface area contributed by atoms with Gasteiger partial charge in [-0.3, -0.25) is 0 Å². The Kier molecular flexibility index (Phi) is 5.19. The van der Waals surface area contributed by atoms with Crippen molar-refractivity contribution in [2.45, 2.75) is 0 Å². The molecule has 0 aromatic heterocycles. The van der Waals surface area contributed by atoms with Crippen LogP contribution in [0.25, 0.3) is 11.1 Å². The van der Waals surface area contributed by atoms with Crippen molar-refractivity contribution in [2.75, 3.05) is 10.5 Å². The van der Waals surface area contributed by atoms with Gasteiger partial charge in [-0.2, -0.15) is 0 Å². The lowest BCUT2D eigenvalue weighted by molar-refractivity contribution is 0.485. The smallest absolute Gasteiger partial charge is 0.472 e. The molecule has 0 amide bonds. The van der Waals surface area contributed by atoms with Crippen molar-refractivity contribution in [1.29, 1.82) is 0 Å². The summed E-state index contributed by atoms with van der Waals surface area (Å²) in [6.07, 6.45) is 0. The molecule has 0 heterocycles. The topological polar surface area (TPSA) is 24.1 Å². The molecule has 0 aliphatic heterocycles. The molecule has 0 atom stereocenters. The number of rotatable bonds is 5. The van der Waals surface area contributed by atoms with E-state index in [-0.39, 0.29) is 21.4 Å². The van der Waals surface area contributed by atoms with Crippen LogP contribution < -0.4 is 10.5 Å². The highest BCUT2D eigenvalue weighted by atomic mass is 35.5. The third-order valence-corrected chi connectivity index (χ3v) is 3.54. The summed E-state index contributed by atoms with van der Waals surface area (Å²) in [6.45, 7) is 0. The molecule has 2 nitrogen and oxygen atoms in total. The Morgan fingerprint density at radius 1 is 0.625 bits per heavy atom.